The largest absolute Gasteiger partial charge is 0.483 e. The average Bonchev–Trinajstić information content (AvgIpc) is 4.23. The number of nitrogens with one attached hydrogen (secondary N) is 6. The van der Waals surface area contributed by atoms with Crippen molar-refractivity contribution in [2.75, 3.05) is 91.9 Å². The topological polar surface area (TPSA) is 218 Å². The minimum atomic E-state index is -4.00. The monoisotopic (exact) mass is 1200 g/mol. The van der Waals surface area contributed by atoms with E-state index in [1.165, 1.54) is 24.3 Å². The van der Waals surface area contributed by atoms with Gasteiger partial charge in [0.05, 0.1) is 36.2 Å². The van der Waals surface area contributed by atoms with Crippen LogP contribution in [0, 0.1) is 11.6 Å². The van der Waals surface area contributed by atoms with Crippen molar-refractivity contribution in [3.05, 3.63) is 115 Å². The Morgan fingerprint density at radius 3 is 1.37 bits per heavy atom. The van der Waals surface area contributed by atoms with Crippen molar-refractivity contribution in [3.63, 3.8) is 0 Å². The van der Waals surface area contributed by atoms with E-state index in [-0.39, 0.29) is 58.6 Å². The number of urea groups is 2. The lowest BCUT2D eigenvalue weighted by Crippen LogP contribution is -2.39. The highest BCUT2D eigenvalue weighted by Crippen LogP contribution is 2.42. The van der Waals surface area contributed by atoms with E-state index in [0.717, 1.165) is 34.4 Å². The second-order valence-corrected chi connectivity index (χ2v) is 24.6. The Morgan fingerprint density at radius 2 is 0.962 bits per heavy atom. The molecule has 8 rings (SSSR count). The number of fused-ring (bicyclic) bond motifs is 2. The first-order valence-electron chi connectivity index (χ1n) is 26.0. The van der Waals surface area contributed by atoms with Gasteiger partial charge in [0.1, 0.15) is 12.2 Å². The van der Waals surface area contributed by atoms with Crippen molar-refractivity contribution >= 4 is 78.5 Å². The summed E-state index contributed by atoms with van der Waals surface area (Å²) in [6.45, 7) is 6.13. The average molecular weight is 1210 g/mol. The fourth-order valence-electron chi connectivity index (χ4n) is 9.93. The van der Waals surface area contributed by atoms with Crippen LogP contribution in [0.5, 0.6) is 11.5 Å². The number of rotatable bonds is 27. The molecule has 2 saturated heterocycles. The van der Waals surface area contributed by atoms with Crippen molar-refractivity contribution in [1.29, 1.82) is 0 Å². The summed E-state index contributed by atoms with van der Waals surface area (Å²) >= 11 is 25.0. The van der Waals surface area contributed by atoms with E-state index >= 15 is 8.78 Å². The third kappa shape index (κ3) is 16.7. The molecule has 2 fully saturated rings. The minimum absolute atomic E-state index is 0.0604. The number of carbonyl (C=O) groups excluding carboxylic acids is 2. The zero-order valence-electron chi connectivity index (χ0n) is 42.7. The molecule has 426 valence electrons. The van der Waals surface area contributed by atoms with Gasteiger partial charge in [-0.3, -0.25) is 9.80 Å². The highest BCUT2D eigenvalue weighted by atomic mass is 35.5. The lowest BCUT2D eigenvalue weighted by molar-refractivity contribution is 0.113. The Kier molecular flexibility index (Phi) is 21.4. The molecule has 0 spiro atoms. The second kappa shape index (κ2) is 27.9. The van der Waals surface area contributed by atoms with Crippen LogP contribution in [0.4, 0.5) is 18.4 Å². The Hall–Kier alpha value is -4.30. The molecule has 0 unspecified atom stereocenters. The molecule has 78 heavy (non-hydrogen) atoms. The summed E-state index contributed by atoms with van der Waals surface area (Å²) in [7, 11) is -8.00. The van der Waals surface area contributed by atoms with Gasteiger partial charge in [0.2, 0.25) is 20.0 Å². The maximum absolute atomic E-state index is 15.2. The third-order valence-corrected chi connectivity index (χ3v) is 18.0. The van der Waals surface area contributed by atoms with Gasteiger partial charge in [0, 0.05) is 84.5 Å². The first-order chi connectivity index (χ1) is 37.4. The third-order valence-electron chi connectivity index (χ3n) is 13.9. The van der Waals surface area contributed by atoms with Crippen molar-refractivity contribution in [1.82, 2.24) is 40.5 Å². The van der Waals surface area contributed by atoms with Crippen LogP contribution >= 0.6 is 46.4 Å². The summed E-state index contributed by atoms with van der Waals surface area (Å²) in [5, 5.41) is 13.0. The van der Waals surface area contributed by atoms with E-state index in [4.69, 9.17) is 65.4 Å². The van der Waals surface area contributed by atoms with Crippen LogP contribution in [0.3, 0.4) is 0 Å². The van der Waals surface area contributed by atoms with Gasteiger partial charge in [-0.05, 0) is 147 Å². The lowest BCUT2D eigenvalue weighted by atomic mass is 10.1. The number of hydrogen-bond acceptors (Lipinski definition) is 12. The second-order valence-electron chi connectivity index (χ2n) is 19.5. The predicted octanol–water partition coefficient (Wildman–Crippen LogP) is 7.53. The quantitative estimate of drug-likeness (QED) is 0.0320. The van der Waals surface area contributed by atoms with Crippen LogP contribution in [0.25, 0.3) is 0 Å². The van der Waals surface area contributed by atoms with Crippen molar-refractivity contribution in [2.24, 2.45) is 0 Å². The summed E-state index contributed by atoms with van der Waals surface area (Å²) in [4.78, 5) is 28.2. The van der Waals surface area contributed by atoms with E-state index in [2.05, 4.69) is 40.5 Å². The molecule has 2 aliphatic heterocycles. The summed E-state index contributed by atoms with van der Waals surface area (Å²) in [5.41, 5.74) is 3.40. The van der Waals surface area contributed by atoms with Gasteiger partial charge in [0.25, 0.3) is 0 Å². The molecule has 4 aromatic rings. The van der Waals surface area contributed by atoms with E-state index < -0.39 is 43.9 Å². The molecular formula is C52H64Cl4F2N8O10S2. The maximum atomic E-state index is 15.2. The van der Waals surface area contributed by atoms with E-state index in [9.17, 15) is 26.4 Å². The molecule has 4 amide bonds. The van der Waals surface area contributed by atoms with Crippen LogP contribution in [-0.4, -0.2) is 143 Å². The molecule has 0 saturated carbocycles. The highest BCUT2D eigenvalue weighted by molar-refractivity contribution is 7.89. The van der Waals surface area contributed by atoms with Crippen LogP contribution in [-0.2, 0) is 42.4 Å². The van der Waals surface area contributed by atoms with Gasteiger partial charge in [-0.15, -0.1) is 0 Å². The SMILES string of the molecule is O=C(NCCCCNC(=O)NCCOCCN1CC[C@@H](NS(=O)(=O)c2ccc(O[C@@H]3CCc4c(Cl)cc(Cl)cc43)c(F)c2)C1)NCCOCCN1CC[C@@H](NS(=O)(=O)c2ccc(O[C@@H]3CCc4c(Cl)cc(Cl)cc43)c(F)c2)C1. The molecule has 18 nitrogen and oxygen atoms in total. The highest BCUT2D eigenvalue weighted by Gasteiger charge is 2.32. The molecule has 6 N–H and O–H groups in total. The van der Waals surface area contributed by atoms with Gasteiger partial charge in [-0.25, -0.2) is 44.6 Å². The number of halogens is 6. The summed E-state index contributed by atoms with van der Waals surface area (Å²) in [5.74, 6) is -1.70. The molecule has 26 heteroatoms. The van der Waals surface area contributed by atoms with Gasteiger partial charge < -0.3 is 40.2 Å². The number of hydrogen-bond donors (Lipinski definition) is 6. The standard InChI is InChI=1S/C52H64Cl4F2N8O10S2/c53-33-25-41-39(43(55)27-33)5-9-47(41)75-49-7-3-37(29-45(49)57)77(69,70)63-35-11-17-65(31-35)19-23-73-21-15-61-51(67)59-13-1-2-14-60-52(68)62-16-22-74-24-20-66-18-12-36(32-66)64-78(71,72)38-4-8-50(46(58)30-38)76-48-10-6-40-42(48)26-34(54)28-44(40)56/h3-4,7-8,25-30,35-36,47-48,63-64H,1-2,5-6,9-24,31-32H2,(H2,59,61,67)(H2,60,62,68)/t35-,36-,47-,48-/m1/s1. The number of unbranched alkanes of at least 4 members (excludes halogenated alkanes) is 1. The van der Waals surface area contributed by atoms with E-state index in [1.54, 1.807) is 24.3 Å². The van der Waals surface area contributed by atoms with Crippen molar-refractivity contribution < 1.29 is 54.2 Å². The Bertz CT molecular complexity index is 2800. The van der Waals surface area contributed by atoms with Gasteiger partial charge >= 0.3 is 12.1 Å². The summed E-state index contributed by atoms with van der Waals surface area (Å²) < 4.78 is 112. The zero-order chi connectivity index (χ0) is 55.4. The molecule has 2 heterocycles. The Morgan fingerprint density at radius 1 is 0.551 bits per heavy atom. The number of likely N-dealkylation sites (tertiary alicyclic amines) is 2. The zero-order valence-corrected chi connectivity index (χ0v) is 47.4. The van der Waals surface area contributed by atoms with Gasteiger partial charge in [-0.1, -0.05) is 46.4 Å². The number of ether oxygens (including phenoxy) is 4. The normalized spacial score (nSPS) is 19.4. The first kappa shape index (κ1) is 59.8. The smallest absolute Gasteiger partial charge is 0.314 e. The first-order valence-corrected chi connectivity index (χ1v) is 30.4. The fourth-order valence-corrected chi connectivity index (χ4v) is 13.7. The van der Waals surface area contributed by atoms with Gasteiger partial charge in [0.15, 0.2) is 23.1 Å². The Balaban J connectivity index is 0.592. The molecular weight excluding hydrogens is 1140 g/mol. The summed E-state index contributed by atoms with van der Waals surface area (Å²) in [6, 6.07) is 12.7. The molecule has 0 aromatic heterocycles. The molecule has 2 aliphatic carbocycles. The number of benzene rings is 4. The summed E-state index contributed by atoms with van der Waals surface area (Å²) in [6.07, 6.45) is 4.02. The maximum Gasteiger partial charge on any atom is 0.314 e. The minimum Gasteiger partial charge on any atom is -0.483 e. The van der Waals surface area contributed by atoms with Crippen molar-refractivity contribution in [2.45, 2.75) is 85.4 Å². The lowest BCUT2D eigenvalue weighted by Gasteiger charge is -2.18. The molecule has 4 atom stereocenters. The van der Waals surface area contributed by atoms with Crippen LogP contribution in [0.15, 0.2) is 70.5 Å². The van der Waals surface area contributed by atoms with Crippen LogP contribution in [0.2, 0.25) is 20.1 Å². The number of carbonyl (C=O) groups is 2. The molecule has 4 aromatic carbocycles. The molecule has 4 aliphatic rings. The number of nitrogens with zero attached hydrogens (tertiary/aromatic N) is 2. The number of amides is 4. The number of sulfonamides is 2. The molecule has 0 radical (unpaired) electrons. The van der Waals surface area contributed by atoms with Crippen molar-refractivity contribution in [3.8, 4) is 11.5 Å². The van der Waals surface area contributed by atoms with E-state index in [0.29, 0.717) is 150 Å². The Labute approximate surface area is 473 Å². The van der Waals surface area contributed by atoms with Crippen LogP contribution < -0.4 is 40.2 Å². The van der Waals surface area contributed by atoms with Crippen LogP contribution in [0.1, 0.15) is 73.0 Å². The van der Waals surface area contributed by atoms with Gasteiger partial charge in [-0.2, -0.15) is 0 Å². The molecule has 0 bridgehead atoms. The predicted molar refractivity (Wildman–Crippen MR) is 293 cm³/mol. The van der Waals surface area contributed by atoms with E-state index in [1.807, 2.05) is 0 Å². The fraction of sp³-hybridized carbons (Fsp3) is 0.500.